The van der Waals surface area contributed by atoms with Gasteiger partial charge in [0.25, 0.3) is 11.8 Å². The Morgan fingerprint density at radius 1 is 1.25 bits per heavy atom. The average Bonchev–Trinajstić information content (AvgIpc) is 3.17. The Morgan fingerprint density at radius 3 is 2.62 bits per heavy atom. The van der Waals surface area contributed by atoms with Crippen molar-refractivity contribution in [2.75, 3.05) is 16.8 Å². The second kappa shape index (κ2) is 8.79. The van der Waals surface area contributed by atoms with E-state index in [1.165, 1.54) is 40.4 Å². The van der Waals surface area contributed by atoms with Gasteiger partial charge in [0.15, 0.2) is 5.82 Å². The van der Waals surface area contributed by atoms with Crippen LogP contribution < -0.4 is 10.2 Å². The van der Waals surface area contributed by atoms with Crippen LogP contribution >= 0.6 is 25.1 Å². The number of halogens is 4. The smallest absolute Gasteiger partial charge is 0.305 e. The van der Waals surface area contributed by atoms with E-state index in [1.54, 1.807) is 6.92 Å². The van der Waals surface area contributed by atoms with Gasteiger partial charge >= 0.3 is 6.18 Å². The molecule has 0 saturated heterocycles. The van der Waals surface area contributed by atoms with Crippen molar-refractivity contribution in [2.45, 2.75) is 19.1 Å². The van der Waals surface area contributed by atoms with Crippen molar-refractivity contribution < 1.29 is 22.8 Å². The van der Waals surface area contributed by atoms with Crippen molar-refractivity contribution in [3.05, 3.63) is 64.8 Å². The summed E-state index contributed by atoms with van der Waals surface area (Å²) in [7, 11) is 0. The third-order valence-electron chi connectivity index (χ3n) is 4.73. The van der Waals surface area contributed by atoms with Gasteiger partial charge in [-0.25, -0.2) is 4.98 Å². The summed E-state index contributed by atoms with van der Waals surface area (Å²) in [5.74, 6) is -1.01. The predicted octanol–water partition coefficient (Wildman–Crippen LogP) is 3.93. The van der Waals surface area contributed by atoms with Gasteiger partial charge in [-0.05, 0) is 25.1 Å². The van der Waals surface area contributed by atoms with Crippen LogP contribution in [0.4, 0.5) is 24.7 Å². The zero-order chi connectivity index (χ0) is 22.3. The number of nitrogens with zero attached hydrogens (tertiary/aromatic N) is 5. The molecule has 0 bridgehead atoms. The first-order valence-electron chi connectivity index (χ1n) is 9.00. The van der Waals surface area contributed by atoms with Crippen molar-refractivity contribution in [3.8, 4) is 0 Å². The van der Waals surface area contributed by atoms with E-state index in [1.807, 2.05) is 0 Å². The lowest BCUT2D eigenvalue weighted by atomic mass is 10.1. The molecule has 2 aromatic heterocycles. The summed E-state index contributed by atoms with van der Waals surface area (Å²) in [5, 5.41) is 6.15. The molecule has 1 aromatic carbocycles. The molecule has 3 aromatic rings. The highest BCUT2D eigenvalue weighted by Crippen LogP contribution is 2.37. The second-order valence-corrected chi connectivity index (χ2v) is 7.23. The maximum absolute atomic E-state index is 13.2. The predicted molar refractivity (Wildman–Crippen MR) is 115 cm³/mol. The molecule has 0 spiro atoms. The molecule has 1 aliphatic rings. The van der Waals surface area contributed by atoms with Crippen LogP contribution in [0, 0.1) is 0 Å². The lowest BCUT2D eigenvalue weighted by Gasteiger charge is -2.32. The lowest BCUT2D eigenvalue weighted by Crippen LogP contribution is -2.43. The third kappa shape index (κ3) is 4.28. The lowest BCUT2D eigenvalue weighted by molar-refractivity contribution is -0.137. The topological polar surface area (TPSA) is 93.0 Å². The normalized spacial score (nSPS) is 15.7. The molecule has 0 saturated carbocycles. The fourth-order valence-corrected chi connectivity index (χ4v) is 3.58. The van der Waals surface area contributed by atoms with Crippen LogP contribution in [0.2, 0.25) is 5.02 Å². The van der Waals surface area contributed by atoms with Crippen molar-refractivity contribution in [3.63, 3.8) is 0 Å². The van der Waals surface area contributed by atoms with Gasteiger partial charge in [0.1, 0.15) is 5.69 Å². The minimum Gasteiger partial charge on any atom is -0.305 e. The summed E-state index contributed by atoms with van der Waals surface area (Å²) in [6, 6.07) is 2.74. The minimum atomic E-state index is -4.61. The van der Waals surface area contributed by atoms with Gasteiger partial charge in [-0.2, -0.15) is 31.8 Å². The number of benzene rings is 1. The number of rotatable bonds is 3. The van der Waals surface area contributed by atoms with Gasteiger partial charge in [-0.3, -0.25) is 19.3 Å². The number of hydrogen-bond donors (Lipinski definition) is 1. The third-order valence-corrected chi connectivity index (χ3v) is 5.04. The number of fused-ring (bicyclic) bond motifs is 1. The van der Waals surface area contributed by atoms with Crippen molar-refractivity contribution in [1.29, 1.82) is 0 Å². The van der Waals surface area contributed by atoms with Gasteiger partial charge in [-0.15, -0.1) is 0 Å². The first-order valence-corrected chi connectivity index (χ1v) is 9.38. The summed E-state index contributed by atoms with van der Waals surface area (Å²) in [6.45, 7) is 1.91. The molecule has 168 valence electrons. The SMILES string of the molecule is C[C@H]1CN(c2ccc(C(F)(F)F)c(Cl)c2)C(=O)c2c(C(=O)Nc3cnccn3)cnn21.S. The van der Waals surface area contributed by atoms with Crippen LogP contribution in [-0.2, 0) is 6.18 Å². The van der Waals surface area contributed by atoms with E-state index < -0.39 is 28.6 Å². The second-order valence-electron chi connectivity index (χ2n) is 6.82. The van der Waals surface area contributed by atoms with E-state index in [4.69, 9.17) is 11.6 Å². The molecule has 0 aliphatic carbocycles. The number of alkyl halides is 3. The summed E-state index contributed by atoms with van der Waals surface area (Å²) in [6.07, 6.45) is 0.828. The van der Waals surface area contributed by atoms with Crippen LogP contribution in [0.25, 0.3) is 0 Å². The molecular formula is C19H16ClF3N6O2S. The van der Waals surface area contributed by atoms with E-state index in [-0.39, 0.29) is 48.8 Å². The minimum absolute atomic E-state index is 0. The van der Waals surface area contributed by atoms with Crippen molar-refractivity contribution >= 4 is 48.4 Å². The monoisotopic (exact) mass is 484 g/mol. The maximum Gasteiger partial charge on any atom is 0.417 e. The molecule has 4 rings (SSSR count). The summed E-state index contributed by atoms with van der Waals surface area (Å²) in [4.78, 5) is 35.0. The standard InChI is InChI=1S/C19H14ClF3N6O2.H2S/c1-10-9-28(11-2-3-13(14(20)6-11)19(21,22)23)18(31)16-12(7-26-29(10)16)17(30)27-15-8-24-4-5-25-15;/h2-8,10H,9H2,1H3,(H,25,27,30);1H2/t10-;/m0./s1. The zero-order valence-electron chi connectivity index (χ0n) is 16.4. The first-order chi connectivity index (χ1) is 14.7. The number of amides is 2. The van der Waals surface area contributed by atoms with Gasteiger partial charge < -0.3 is 10.2 Å². The Labute approximate surface area is 191 Å². The van der Waals surface area contributed by atoms with E-state index in [0.717, 1.165) is 12.1 Å². The first kappa shape index (κ1) is 23.5. The molecule has 0 unspecified atom stereocenters. The summed E-state index contributed by atoms with van der Waals surface area (Å²) in [5.41, 5.74) is -0.798. The molecule has 1 atom stereocenters. The number of nitrogens with one attached hydrogen (secondary N) is 1. The van der Waals surface area contributed by atoms with E-state index in [0.29, 0.717) is 0 Å². The quantitative estimate of drug-likeness (QED) is 0.608. The Kier molecular flexibility index (Phi) is 6.46. The van der Waals surface area contributed by atoms with E-state index in [2.05, 4.69) is 20.4 Å². The van der Waals surface area contributed by atoms with Crippen molar-refractivity contribution in [2.24, 2.45) is 0 Å². The number of carbonyl (C=O) groups is 2. The number of anilines is 2. The highest BCUT2D eigenvalue weighted by molar-refractivity contribution is 7.59. The summed E-state index contributed by atoms with van der Waals surface area (Å²) >= 11 is 5.82. The number of hydrogen-bond acceptors (Lipinski definition) is 5. The highest BCUT2D eigenvalue weighted by atomic mass is 35.5. The van der Waals surface area contributed by atoms with Crippen LogP contribution in [0.15, 0.2) is 43.0 Å². The largest absolute Gasteiger partial charge is 0.417 e. The van der Waals surface area contributed by atoms with Crippen LogP contribution in [-0.4, -0.2) is 38.1 Å². The Bertz CT molecular complexity index is 1170. The van der Waals surface area contributed by atoms with Gasteiger partial charge in [-0.1, -0.05) is 11.6 Å². The molecule has 2 amide bonds. The van der Waals surface area contributed by atoms with Crippen LogP contribution in [0.5, 0.6) is 0 Å². The molecule has 13 heteroatoms. The van der Waals surface area contributed by atoms with Crippen molar-refractivity contribution in [1.82, 2.24) is 19.7 Å². The Balaban J connectivity index is 0.00000289. The molecular weight excluding hydrogens is 469 g/mol. The maximum atomic E-state index is 13.2. The molecule has 0 fully saturated rings. The molecule has 3 heterocycles. The molecule has 32 heavy (non-hydrogen) atoms. The molecule has 1 aliphatic heterocycles. The number of aromatic nitrogens is 4. The van der Waals surface area contributed by atoms with Gasteiger partial charge in [0, 0.05) is 24.6 Å². The Hall–Kier alpha value is -3.12. The van der Waals surface area contributed by atoms with E-state index >= 15 is 0 Å². The fourth-order valence-electron chi connectivity index (χ4n) is 3.30. The van der Waals surface area contributed by atoms with Crippen LogP contribution in [0.3, 0.4) is 0 Å². The fraction of sp³-hybridized carbons (Fsp3) is 0.211. The summed E-state index contributed by atoms with van der Waals surface area (Å²) < 4.78 is 40.4. The Morgan fingerprint density at radius 2 is 2.00 bits per heavy atom. The number of carbonyl (C=O) groups excluding carboxylic acids is 2. The zero-order valence-corrected chi connectivity index (χ0v) is 18.1. The average molecular weight is 485 g/mol. The van der Waals surface area contributed by atoms with Crippen LogP contribution in [0.1, 0.15) is 39.4 Å². The van der Waals surface area contributed by atoms with Gasteiger partial charge in [0.05, 0.1) is 34.6 Å². The molecule has 1 N–H and O–H groups in total. The highest BCUT2D eigenvalue weighted by Gasteiger charge is 2.37. The van der Waals surface area contributed by atoms with Gasteiger partial charge in [0.2, 0.25) is 0 Å². The van der Waals surface area contributed by atoms with E-state index in [9.17, 15) is 22.8 Å². The molecule has 8 nitrogen and oxygen atoms in total. The molecule has 0 radical (unpaired) electrons.